The highest BCUT2D eigenvalue weighted by atomic mass is 15.3. The topological polar surface area (TPSA) is 44.3 Å². The van der Waals surface area contributed by atoms with Gasteiger partial charge in [-0.2, -0.15) is 0 Å². The van der Waals surface area contributed by atoms with Crippen molar-refractivity contribution in [3.63, 3.8) is 0 Å². The van der Waals surface area contributed by atoms with E-state index in [0.717, 1.165) is 51.5 Å². The normalized spacial score (nSPS) is 20.7. The SMILES string of the molecule is CC1Cc2cc(CCN3CCN(c4ncccn4)CC3)ccc2N1. The Hall–Kier alpha value is -2.14. The Morgan fingerprint density at radius 1 is 1.12 bits per heavy atom. The fourth-order valence-electron chi connectivity index (χ4n) is 3.67. The van der Waals surface area contributed by atoms with Gasteiger partial charge < -0.3 is 10.2 Å². The van der Waals surface area contributed by atoms with Gasteiger partial charge in [0.25, 0.3) is 0 Å². The van der Waals surface area contributed by atoms with E-state index in [0.29, 0.717) is 6.04 Å². The molecule has 0 saturated carbocycles. The van der Waals surface area contributed by atoms with Crippen LogP contribution in [0.3, 0.4) is 0 Å². The Morgan fingerprint density at radius 3 is 2.71 bits per heavy atom. The molecule has 4 rings (SSSR count). The Labute approximate surface area is 143 Å². The number of aromatic nitrogens is 2. The molecule has 0 radical (unpaired) electrons. The Bertz CT molecular complexity index is 679. The van der Waals surface area contributed by atoms with Gasteiger partial charge in [-0.15, -0.1) is 0 Å². The Balaban J connectivity index is 1.28. The van der Waals surface area contributed by atoms with Gasteiger partial charge in [0.15, 0.2) is 0 Å². The molecule has 5 heteroatoms. The van der Waals surface area contributed by atoms with Crippen LogP contribution in [-0.4, -0.2) is 53.6 Å². The zero-order chi connectivity index (χ0) is 16.4. The lowest BCUT2D eigenvalue weighted by Gasteiger charge is -2.34. The van der Waals surface area contributed by atoms with Gasteiger partial charge in [-0.05, 0) is 43.0 Å². The highest BCUT2D eigenvalue weighted by Gasteiger charge is 2.19. The third kappa shape index (κ3) is 3.36. The second-order valence-corrected chi connectivity index (χ2v) is 6.87. The smallest absolute Gasteiger partial charge is 0.225 e. The van der Waals surface area contributed by atoms with Crippen LogP contribution in [0.2, 0.25) is 0 Å². The van der Waals surface area contributed by atoms with Gasteiger partial charge >= 0.3 is 0 Å². The van der Waals surface area contributed by atoms with Crippen molar-refractivity contribution in [1.82, 2.24) is 14.9 Å². The van der Waals surface area contributed by atoms with Crippen molar-refractivity contribution in [2.24, 2.45) is 0 Å². The molecule has 0 aliphatic carbocycles. The molecule has 1 aromatic carbocycles. The van der Waals surface area contributed by atoms with Crippen LogP contribution < -0.4 is 10.2 Å². The zero-order valence-corrected chi connectivity index (χ0v) is 14.3. The van der Waals surface area contributed by atoms with Gasteiger partial charge in [-0.1, -0.05) is 12.1 Å². The van der Waals surface area contributed by atoms with Gasteiger partial charge in [-0.25, -0.2) is 9.97 Å². The van der Waals surface area contributed by atoms with E-state index in [2.05, 4.69) is 50.2 Å². The summed E-state index contributed by atoms with van der Waals surface area (Å²) < 4.78 is 0. The molecule has 1 unspecified atom stereocenters. The number of nitrogens with zero attached hydrogens (tertiary/aromatic N) is 4. The van der Waals surface area contributed by atoms with E-state index < -0.39 is 0 Å². The Morgan fingerprint density at radius 2 is 1.92 bits per heavy atom. The maximum Gasteiger partial charge on any atom is 0.225 e. The molecule has 0 bridgehead atoms. The van der Waals surface area contributed by atoms with Crippen molar-refractivity contribution in [1.29, 1.82) is 0 Å². The van der Waals surface area contributed by atoms with E-state index in [1.54, 1.807) is 0 Å². The molecule has 5 nitrogen and oxygen atoms in total. The number of nitrogens with one attached hydrogen (secondary N) is 1. The monoisotopic (exact) mass is 323 g/mol. The van der Waals surface area contributed by atoms with Crippen LogP contribution in [0.15, 0.2) is 36.7 Å². The number of anilines is 2. The minimum absolute atomic E-state index is 0.573. The van der Waals surface area contributed by atoms with Gasteiger partial charge in [-0.3, -0.25) is 4.90 Å². The van der Waals surface area contributed by atoms with E-state index >= 15 is 0 Å². The van der Waals surface area contributed by atoms with E-state index in [9.17, 15) is 0 Å². The molecule has 1 saturated heterocycles. The molecule has 2 aromatic rings. The molecule has 0 spiro atoms. The summed E-state index contributed by atoms with van der Waals surface area (Å²) in [7, 11) is 0. The third-order valence-electron chi connectivity index (χ3n) is 5.02. The van der Waals surface area contributed by atoms with Crippen molar-refractivity contribution in [3.8, 4) is 0 Å². The van der Waals surface area contributed by atoms with Crippen LogP contribution in [-0.2, 0) is 12.8 Å². The lowest BCUT2D eigenvalue weighted by Crippen LogP contribution is -2.47. The molecule has 3 heterocycles. The Kier molecular flexibility index (Phi) is 4.34. The minimum atomic E-state index is 0.573. The summed E-state index contributed by atoms with van der Waals surface area (Å²) in [6.45, 7) is 7.57. The first kappa shape index (κ1) is 15.4. The molecular weight excluding hydrogens is 298 g/mol. The van der Waals surface area contributed by atoms with Crippen LogP contribution in [0.5, 0.6) is 0 Å². The summed E-state index contributed by atoms with van der Waals surface area (Å²) >= 11 is 0. The van der Waals surface area contributed by atoms with E-state index in [4.69, 9.17) is 0 Å². The van der Waals surface area contributed by atoms with E-state index in [-0.39, 0.29) is 0 Å². The first-order valence-corrected chi connectivity index (χ1v) is 8.90. The second-order valence-electron chi connectivity index (χ2n) is 6.87. The minimum Gasteiger partial charge on any atom is -0.382 e. The number of rotatable bonds is 4. The predicted octanol–water partition coefficient (Wildman–Crippen LogP) is 2.20. The van der Waals surface area contributed by atoms with Gasteiger partial charge in [0.05, 0.1) is 0 Å². The summed E-state index contributed by atoms with van der Waals surface area (Å²) in [5.74, 6) is 0.859. The van der Waals surface area contributed by atoms with E-state index in [1.165, 1.54) is 16.8 Å². The van der Waals surface area contributed by atoms with E-state index in [1.807, 2.05) is 18.5 Å². The number of benzene rings is 1. The van der Waals surface area contributed by atoms with Crippen LogP contribution in [0.1, 0.15) is 18.1 Å². The summed E-state index contributed by atoms with van der Waals surface area (Å²) in [6.07, 6.45) is 5.92. The summed E-state index contributed by atoms with van der Waals surface area (Å²) in [5, 5.41) is 3.52. The summed E-state index contributed by atoms with van der Waals surface area (Å²) in [5.41, 5.74) is 4.26. The maximum absolute atomic E-state index is 4.35. The molecular formula is C19H25N5. The lowest BCUT2D eigenvalue weighted by atomic mass is 10.0. The van der Waals surface area contributed by atoms with Crippen molar-refractivity contribution in [2.45, 2.75) is 25.8 Å². The fourth-order valence-corrected chi connectivity index (χ4v) is 3.67. The fraction of sp³-hybridized carbons (Fsp3) is 0.474. The quantitative estimate of drug-likeness (QED) is 0.934. The van der Waals surface area contributed by atoms with Crippen molar-refractivity contribution >= 4 is 11.6 Å². The molecule has 1 aromatic heterocycles. The average Bonchev–Trinajstić information content (AvgIpc) is 3.00. The molecule has 24 heavy (non-hydrogen) atoms. The lowest BCUT2D eigenvalue weighted by molar-refractivity contribution is 0.260. The maximum atomic E-state index is 4.35. The standard InChI is InChI=1S/C19H25N5/c1-15-13-17-14-16(3-4-18(17)22-15)5-8-23-9-11-24(12-10-23)19-20-6-2-7-21-19/h2-4,6-7,14-15,22H,5,8-13H2,1H3. The average molecular weight is 323 g/mol. The first-order valence-electron chi connectivity index (χ1n) is 8.90. The molecule has 1 fully saturated rings. The van der Waals surface area contributed by atoms with Crippen molar-refractivity contribution in [2.75, 3.05) is 42.9 Å². The number of hydrogen-bond acceptors (Lipinski definition) is 5. The van der Waals surface area contributed by atoms with Crippen LogP contribution in [0.4, 0.5) is 11.6 Å². The summed E-state index contributed by atoms with van der Waals surface area (Å²) in [6, 6.07) is 9.35. The van der Waals surface area contributed by atoms with Crippen molar-refractivity contribution < 1.29 is 0 Å². The van der Waals surface area contributed by atoms with Crippen LogP contribution in [0.25, 0.3) is 0 Å². The van der Waals surface area contributed by atoms with Gasteiger partial charge in [0, 0.05) is 56.8 Å². The zero-order valence-electron chi connectivity index (χ0n) is 14.3. The molecule has 2 aliphatic heterocycles. The van der Waals surface area contributed by atoms with Gasteiger partial charge in [0.1, 0.15) is 0 Å². The molecule has 126 valence electrons. The number of hydrogen-bond donors (Lipinski definition) is 1. The van der Waals surface area contributed by atoms with Gasteiger partial charge in [0.2, 0.25) is 5.95 Å². The second kappa shape index (κ2) is 6.77. The highest BCUT2D eigenvalue weighted by Crippen LogP contribution is 2.26. The predicted molar refractivity (Wildman–Crippen MR) is 97.6 cm³/mol. The largest absolute Gasteiger partial charge is 0.382 e. The third-order valence-corrected chi connectivity index (χ3v) is 5.02. The first-order chi connectivity index (χ1) is 11.8. The summed E-state index contributed by atoms with van der Waals surface area (Å²) in [4.78, 5) is 13.5. The van der Waals surface area contributed by atoms with Crippen LogP contribution >= 0.6 is 0 Å². The molecule has 2 aliphatic rings. The molecule has 0 amide bonds. The highest BCUT2D eigenvalue weighted by molar-refractivity contribution is 5.57. The molecule has 1 atom stereocenters. The van der Waals surface area contributed by atoms with Crippen LogP contribution in [0, 0.1) is 0 Å². The number of piperazine rings is 1. The molecule has 1 N–H and O–H groups in total. The van der Waals surface area contributed by atoms with Crippen molar-refractivity contribution in [3.05, 3.63) is 47.8 Å². The number of fused-ring (bicyclic) bond motifs is 1.